The molecule has 3 aromatic heterocycles. The molecule has 3 heterocycles. The summed E-state index contributed by atoms with van der Waals surface area (Å²) < 4.78 is 6.34. The molecule has 0 aliphatic heterocycles. The first kappa shape index (κ1) is 29.9. The van der Waals surface area contributed by atoms with Crippen LogP contribution in [0.15, 0.2) is 132 Å². The predicted octanol–water partition coefficient (Wildman–Crippen LogP) is 10.3. The van der Waals surface area contributed by atoms with Crippen molar-refractivity contribution in [3.63, 3.8) is 0 Å². The van der Waals surface area contributed by atoms with Crippen molar-refractivity contribution in [2.45, 2.75) is 39.3 Å². The Balaban J connectivity index is 1.40. The number of rotatable bonds is 7. The van der Waals surface area contributed by atoms with Gasteiger partial charge >= 0.3 is 0 Å². The first-order valence-corrected chi connectivity index (χ1v) is 22.9. The van der Waals surface area contributed by atoms with E-state index in [-0.39, 0.29) is 0 Å². The maximum atomic E-state index is 6.34. The molecule has 0 spiro atoms. The third-order valence-corrected chi connectivity index (χ3v) is 12.7. The number of pyridine rings is 2. The third kappa shape index (κ3) is 5.70. The van der Waals surface area contributed by atoms with Crippen LogP contribution in [0.5, 0.6) is 0 Å². The molecule has 0 atom stereocenters. The van der Waals surface area contributed by atoms with E-state index in [2.05, 4.69) is 160 Å². The number of benzene rings is 4. The van der Waals surface area contributed by atoms with Gasteiger partial charge in [0.15, 0.2) is 0 Å². The average molecular weight is 634 g/mol. The SMILES string of the molecule is C[Si](C)(C)c1ccc(-c2cccc(N(c3cccc(-c4ccc([Si](C)(C)C)cn4)c3)c3cccc4oc5ccccc5c34)c2)nc1. The normalized spacial score (nSPS) is 12.1. The first-order chi connectivity index (χ1) is 22.1. The molecule has 0 aliphatic carbocycles. The Bertz CT molecular complexity index is 2070. The summed E-state index contributed by atoms with van der Waals surface area (Å²) in [7, 11) is -2.89. The summed E-state index contributed by atoms with van der Waals surface area (Å²) >= 11 is 0. The fraction of sp³-hybridized carbons (Fsp3) is 0.150. The van der Waals surface area contributed by atoms with E-state index in [0.717, 1.165) is 61.5 Å². The van der Waals surface area contributed by atoms with E-state index in [1.807, 2.05) is 12.1 Å². The highest BCUT2D eigenvalue weighted by molar-refractivity contribution is 6.89. The Kier molecular flexibility index (Phi) is 7.50. The van der Waals surface area contributed by atoms with Gasteiger partial charge in [-0.3, -0.25) is 9.97 Å². The van der Waals surface area contributed by atoms with Crippen LogP contribution >= 0.6 is 0 Å². The fourth-order valence-corrected chi connectivity index (χ4v) is 8.07. The molecule has 4 aromatic carbocycles. The van der Waals surface area contributed by atoms with Gasteiger partial charge in [0, 0.05) is 40.3 Å². The van der Waals surface area contributed by atoms with Gasteiger partial charge < -0.3 is 9.32 Å². The molecule has 46 heavy (non-hydrogen) atoms. The monoisotopic (exact) mass is 633 g/mol. The number of hydrogen-bond acceptors (Lipinski definition) is 4. The lowest BCUT2D eigenvalue weighted by molar-refractivity contribution is 0.669. The van der Waals surface area contributed by atoms with Crippen LogP contribution in [-0.4, -0.2) is 26.1 Å². The molecule has 0 radical (unpaired) electrons. The maximum absolute atomic E-state index is 6.34. The van der Waals surface area contributed by atoms with E-state index in [4.69, 9.17) is 14.4 Å². The highest BCUT2D eigenvalue weighted by Crippen LogP contribution is 2.44. The third-order valence-electron chi connectivity index (χ3n) is 8.68. The quantitative estimate of drug-likeness (QED) is 0.164. The van der Waals surface area contributed by atoms with Gasteiger partial charge in [-0.1, -0.05) is 99.9 Å². The number of nitrogens with zero attached hydrogens (tertiary/aromatic N) is 3. The van der Waals surface area contributed by atoms with E-state index in [1.54, 1.807) is 0 Å². The summed E-state index contributed by atoms with van der Waals surface area (Å²) in [6, 6.07) is 40.8. The molecule has 0 saturated heterocycles. The van der Waals surface area contributed by atoms with Crippen LogP contribution in [0.25, 0.3) is 44.5 Å². The van der Waals surface area contributed by atoms with Gasteiger partial charge in [-0.05, 0) is 65.0 Å². The van der Waals surface area contributed by atoms with Crippen LogP contribution in [0.3, 0.4) is 0 Å². The van der Waals surface area contributed by atoms with Crippen LogP contribution in [0.1, 0.15) is 0 Å². The van der Waals surface area contributed by atoms with Gasteiger partial charge in [0.1, 0.15) is 11.2 Å². The summed E-state index contributed by atoms with van der Waals surface area (Å²) in [6.07, 6.45) is 4.13. The molecule has 0 saturated carbocycles. The Morgan fingerprint density at radius 2 is 1.04 bits per heavy atom. The Hall–Kier alpha value is -4.79. The minimum absolute atomic E-state index is 0.864. The van der Waals surface area contributed by atoms with E-state index in [1.165, 1.54) is 10.4 Å². The summed E-state index contributed by atoms with van der Waals surface area (Å²) in [6.45, 7) is 14.1. The zero-order valence-electron chi connectivity index (χ0n) is 27.4. The number of furan rings is 1. The molecule has 6 heteroatoms. The number of aromatic nitrogens is 2. The number of fused-ring (bicyclic) bond motifs is 3. The van der Waals surface area contributed by atoms with Crippen molar-refractivity contribution in [2.75, 3.05) is 4.90 Å². The molecule has 0 bridgehead atoms. The number of para-hydroxylation sites is 1. The van der Waals surface area contributed by atoms with E-state index < -0.39 is 16.1 Å². The average Bonchev–Trinajstić information content (AvgIpc) is 3.44. The Morgan fingerprint density at radius 3 is 1.57 bits per heavy atom. The molecule has 0 amide bonds. The van der Waals surface area contributed by atoms with Crippen LogP contribution < -0.4 is 15.3 Å². The molecular weight excluding hydrogens is 595 g/mol. The van der Waals surface area contributed by atoms with Crippen LogP contribution in [0, 0.1) is 0 Å². The Labute approximate surface area is 273 Å². The second kappa shape index (κ2) is 11.5. The summed E-state index contributed by atoms with van der Waals surface area (Å²) in [5.41, 5.74) is 8.99. The van der Waals surface area contributed by atoms with Gasteiger partial charge in [-0.2, -0.15) is 0 Å². The molecule has 228 valence electrons. The number of anilines is 3. The smallest absolute Gasteiger partial charge is 0.137 e. The fourth-order valence-electron chi connectivity index (χ4n) is 5.99. The highest BCUT2D eigenvalue weighted by atomic mass is 28.3. The van der Waals surface area contributed by atoms with Gasteiger partial charge in [0.05, 0.1) is 38.6 Å². The van der Waals surface area contributed by atoms with Crippen molar-refractivity contribution in [3.8, 4) is 22.5 Å². The van der Waals surface area contributed by atoms with Crippen molar-refractivity contribution in [1.82, 2.24) is 9.97 Å². The van der Waals surface area contributed by atoms with Gasteiger partial charge in [-0.25, -0.2) is 0 Å². The van der Waals surface area contributed by atoms with Crippen molar-refractivity contribution in [1.29, 1.82) is 0 Å². The lowest BCUT2D eigenvalue weighted by Gasteiger charge is -2.27. The molecular formula is C40H39N3OSi2. The van der Waals surface area contributed by atoms with Crippen LogP contribution in [0.4, 0.5) is 17.1 Å². The van der Waals surface area contributed by atoms with E-state index in [0.29, 0.717) is 0 Å². The topological polar surface area (TPSA) is 42.2 Å². The van der Waals surface area contributed by atoms with Gasteiger partial charge in [-0.15, -0.1) is 0 Å². The summed E-state index contributed by atoms with van der Waals surface area (Å²) in [5.74, 6) is 0. The zero-order chi connectivity index (χ0) is 32.1. The minimum Gasteiger partial charge on any atom is -0.456 e. The highest BCUT2D eigenvalue weighted by Gasteiger charge is 2.22. The lowest BCUT2D eigenvalue weighted by atomic mass is 10.0. The molecule has 0 unspecified atom stereocenters. The zero-order valence-corrected chi connectivity index (χ0v) is 29.4. The molecule has 0 aliphatic rings. The van der Waals surface area contributed by atoms with Crippen molar-refractivity contribution in [3.05, 3.63) is 128 Å². The standard InChI is InChI=1S/C40H39N3OSi2/c1-45(2,3)32-20-22-35(41-26-32)28-12-9-14-30(24-28)43(37-17-11-19-39-40(37)34-16-7-8-18-38(34)44-39)31-15-10-13-29(25-31)36-23-21-33(27-42-36)46(4,5)6/h7-27H,1-6H3. The Morgan fingerprint density at radius 1 is 0.522 bits per heavy atom. The van der Waals surface area contributed by atoms with Gasteiger partial charge in [0.25, 0.3) is 0 Å². The molecule has 7 aromatic rings. The maximum Gasteiger partial charge on any atom is 0.137 e. The molecule has 7 rings (SSSR count). The van der Waals surface area contributed by atoms with Crippen molar-refractivity contribution >= 4 is 65.5 Å². The summed E-state index contributed by atoms with van der Waals surface area (Å²) in [5, 5.41) is 4.90. The summed E-state index contributed by atoms with van der Waals surface area (Å²) in [4.78, 5) is 12.2. The lowest BCUT2D eigenvalue weighted by Crippen LogP contribution is -2.37. The first-order valence-electron chi connectivity index (χ1n) is 15.9. The number of hydrogen-bond donors (Lipinski definition) is 0. The van der Waals surface area contributed by atoms with Crippen molar-refractivity contribution < 1.29 is 4.42 Å². The second-order valence-electron chi connectivity index (χ2n) is 14.0. The van der Waals surface area contributed by atoms with Crippen LogP contribution in [-0.2, 0) is 0 Å². The van der Waals surface area contributed by atoms with Crippen molar-refractivity contribution in [2.24, 2.45) is 0 Å². The van der Waals surface area contributed by atoms with Gasteiger partial charge in [0.2, 0.25) is 0 Å². The molecule has 4 nitrogen and oxygen atoms in total. The van der Waals surface area contributed by atoms with E-state index >= 15 is 0 Å². The minimum atomic E-state index is -1.45. The predicted molar refractivity (Wildman–Crippen MR) is 201 cm³/mol. The molecule has 0 N–H and O–H groups in total. The van der Waals surface area contributed by atoms with E-state index in [9.17, 15) is 0 Å². The van der Waals surface area contributed by atoms with Crippen LogP contribution in [0.2, 0.25) is 39.3 Å². The second-order valence-corrected chi connectivity index (χ2v) is 24.2. The molecule has 0 fully saturated rings. The largest absolute Gasteiger partial charge is 0.456 e.